The number of aliphatic hydroxyl groups excluding tert-OH is 1. The van der Waals surface area contributed by atoms with Gasteiger partial charge in [0.25, 0.3) is 0 Å². The topological polar surface area (TPSA) is 85.7 Å². The number of aliphatic hydroxyl groups is 1. The maximum Gasteiger partial charge on any atom is 0.573 e. The maximum absolute atomic E-state index is 13.3. The number of alkyl halides is 3. The molecular weight excluding hydrogens is 503 g/mol. The highest BCUT2D eigenvalue weighted by Crippen LogP contribution is 2.39. The first-order chi connectivity index (χ1) is 17.6. The molecule has 1 aliphatic carbocycles. The molecular formula is C27H28F3N3O3S. The highest BCUT2D eigenvalue weighted by atomic mass is 32.2. The summed E-state index contributed by atoms with van der Waals surface area (Å²) in [6, 6.07) is 20.0. The summed E-state index contributed by atoms with van der Waals surface area (Å²) in [7, 11) is -3.61. The third-order valence-corrected chi connectivity index (χ3v) is 8.60. The van der Waals surface area contributed by atoms with Crippen LogP contribution < -0.4 is 9.46 Å². The zero-order valence-electron chi connectivity index (χ0n) is 19.9. The minimum atomic E-state index is -4.84. The molecule has 3 aromatic rings. The number of benzene rings is 3. The van der Waals surface area contributed by atoms with Gasteiger partial charge < -0.3 is 9.84 Å². The number of nitrogens with one attached hydrogen (secondary N) is 2. The molecule has 0 aromatic heterocycles. The molecule has 1 fully saturated rings. The smallest absolute Gasteiger partial charge is 0.406 e. The van der Waals surface area contributed by atoms with Crippen LogP contribution in [0.1, 0.15) is 41.1 Å². The van der Waals surface area contributed by atoms with Gasteiger partial charge in [0.05, 0.1) is 17.0 Å². The number of nitrogens with zero attached hydrogens (tertiary/aromatic N) is 1. The second kappa shape index (κ2) is 10.1. The van der Waals surface area contributed by atoms with Crippen molar-refractivity contribution >= 4 is 9.92 Å². The molecule has 3 aromatic carbocycles. The Labute approximate surface area is 214 Å². The van der Waals surface area contributed by atoms with Crippen LogP contribution in [0, 0.1) is 4.78 Å². The predicted octanol–water partition coefficient (Wildman–Crippen LogP) is 5.17. The van der Waals surface area contributed by atoms with Crippen molar-refractivity contribution in [3.8, 4) is 5.75 Å². The molecule has 0 amide bonds. The Kier molecular flexibility index (Phi) is 7.01. The van der Waals surface area contributed by atoms with Gasteiger partial charge in [-0.25, -0.2) is 13.7 Å². The van der Waals surface area contributed by atoms with Crippen LogP contribution in [0.5, 0.6) is 5.75 Å². The van der Waals surface area contributed by atoms with Crippen molar-refractivity contribution in [3.63, 3.8) is 0 Å². The van der Waals surface area contributed by atoms with Crippen molar-refractivity contribution in [3.05, 3.63) is 95.1 Å². The average molecular weight is 532 g/mol. The summed E-state index contributed by atoms with van der Waals surface area (Å²) >= 11 is 0. The van der Waals surface area contributed by atoms with Crippen LogP contribution in [-0.4, -0.2) is 39.4 Å². The van der Waals surface area contributed by atoms with Gasteiger partial charge in [0, 0.05) is 6.54 Å². The lowest BCUT2D eigenvalue weighted by atomic mass is 9.90. The van der Waals surface area contributed by atoms with E-state index in [1.165, 1.54) is 23.3 Å². The molecule has 196 valence electrons. The Morgan fingerprint density at radius 3 is 2.08 bits per heavy atom. The van der Waals surface area contributed by atoms with Gasteiger partial charge in [-0.3, -0.25) is 4.90 Å². The number of likely N-dealkylation sites (tertiary alicyclic amines) is 1. The monoisotopic (exact) mass is 531 g/mol. The van der Waals surface area contributed by atoms with Crippen molar-refractivity contribution in [2.24, 2.45) is 0 Å². The first kappa shape index (κ1) is 25.7. The van der Waals surface area contributed by atoms with E-state index in [9.17, 15) is 22.5 Å². The van der Waals surface area contributed by atoms with Crippen molar-refractivity contribution in [1.82, 2.24) is 9.62 Å². The molecule has 6 nitrogen and oxygen atoms in total. The van der Waals surface area contributed by atoms with Crippen molar-refractivity contribution in [2.75, 3.05) is 6.54 Å². The maximum atomic E-state index is 13.3. The lowest BCUT2D eigenvalue weighted by Crippen LogP contribution is -2.56. The molecule has 1 aliphatic heterocycles. The fourth-order valence-electron chi connectivity index (χ4n) is 5.37. The molecule has 0 bridgehead atoms. The average Bonchev–Trinajstić information content (AvgIpc) is 3.02. The minimum absolute atomic E-state index is 0.0107. The fraction of sp³-hybridized carbons (Fsp3) is 0.333. The van der Waals surface area contributed by atoms with Crippen LogP contribution in [0.3, 0.4) is 0 Å². The number of fused-ring (bicyclic) bond motifs is 2. The van der Waals surface area contributed by atoms with Gasteiger partial charge >= 0.3 is 6.36 Å². The number of hydrogen-bond donors (Lipinski definition) is 3. The number of rotatable bonds is 5. The first-order valence-electron chi connectivity index (χ1n) is 12.1. The van der Waals surface area contributed by atoms with E-state index in [1.807, 2.05) is 29.2 Å². The molecule has 0 radical (unpaired) electrons. The zero-order valence-corrected chi connectivity index (χ0v) is 20.8. The third-order valence-electron chi connectivity index (χ3n) is 7.03. The van der Waals surface area contributed by atoms with Crippen LogP contribution >= 0.6 is 0 Å². The highest BCUT2D eigenvalue weighted by Gasteiger charge is 2.39. The molecule has 2 aliphatic rings. The summed E-state index contributed by atoms with van der Waals surface area (Å²) in [6.45, 7) is 0.620. The van der Waals surface area contributed by atoms with E-state index in [4.69, 9.17) is 4.78 Å². The second-order valence-corrected chi connectivity index (χ2v) is 11.2. The molecule has 0 spiro atoms. The van der Waals surface area contributed by atoms with Gasteiger partial charge in [-0.15, -0.1) is 13.2 Å². The van der Waals surface area contributed by atoms with Gasteiger partial charge in [-0.1, -0.05) is 48.5 Å². The van der Waals surface area contributed by atoms with Crippen LogP contribution in [0.2, 0.25) is 0 Å². The Morgan fingerprint density at radius 2 is 1.51 bits per heavy atom. The van der Waals surface area contributed by atoms with Gasteiger partial charge in [0.2, 0.25) is 0 Å². The standard InChI is InChI=1S/C27H28F3N3O3S/c28-27(29,30)36-20-13-15-21(16-14-20)37(31,35)32-24-10-5-17-33(26(24)34)25-22-8-3-1-6-18(22)11-12-19-7-2-4-9-23(19)25/h1-4,6-9,13-16,24-26,34H,5,10-12,17H2,(H2,31,32,35). The molecule has 10 heteroatoms. The Morgan fingerprint density at radius 1 is 0.946 bits per heavy atom. The van der Waals surface area contributed by atoms with Crippen molar-refractivity contribution in [2.45, 2.75) is 55.3 Å². The lowest BCUT2D eigenvalue weighted by molar-refractivity contribution is -0.274. The van der Waals surface area contributed by atoms with Crippen LogP contribution in [0.4, 0.5) is 13.2 Å². The minimum Gasteiger partial charge on any atom is -0.406 e. The molecule has 5 rings (SSSR count). The van der Waals surface area contributed by atoms with Gasteiger partial charge in [-0.2, -0.15) is 0 Å². The van der Waals surface area contributed by atoms with Crippen molar-refractivity contribution < 1.29 is 27.2 Å². The van der Waals surface area contributed by atoms with E-state index in [1.54, 1.807) is 0 Å². The Bertz CT molecular complexity index is 1320. The number of aryl methyl sites for hydroxylation is 2. The molecule has 3 N–H and O–H groups in total. The summed E-state index contributed by atoms with van der Waals surface area (Å²) < 4.78 is 65.8. The number of hydrogen-bond acceptors (Lipinski definition) is 5. The lowest BCUT2D eigenvalue weighted by Gasteiger charge is -2.43. The van der Waals surface area contributed by atoms with E-state index >= 15 is 0 Å². The van der Waals surface area contributed by atoms with E-state index < -0.39 is 34.3 Å². The zero-order chi connectivity index (χ0) is 26.2. The molecule has 1 heterocycles. The molecule has 3 unspecified atom stereocenters. The highest BCUT2D eigenvalue weighted by molar-refractivity contribution is 7.90. The summed E-state index contributed by atoms with van der Waals surface area (Å²) in [6.07, 6.45) is -2.87. The molecule has 0 saturated carbocycles. The summed E-state index contributed by atoms with van der Waals surface area (Å²) in [5.74, 6) is -0.457. The number of piperidine rings is 1. The van der Waals surface area contributed by atoms with Gasteiger partial charge in [-0.05, 0) is 72.2 Å². The summed E-state index contributed by atoms with van der Waals surface area (Å²) in [5.41, 5.74) is 4.69. The quantitative estimate of drug-likeness (QED) is 0.424. The van der Waals surface area contributed by atoms with E-state index in [0.29, 0.717) is 19.4 Å². The molecule has 37 heavy (non-hydrogen) atoms. The van der Waals surface area contributed by atoms with E-state index in [-0.39, 0.29) is 10.9 Å². The van der Waals surface area contributed by atoms with Crippen LogP contribution in [0.25, 0.3) is 0 Å². The number of halogens is 3. The normalized spacial score (nSPS) is 22.4. The SMILES string of the molecule is N=S(=O)(NC1CCCN(C2c3ccccc3CCc3ccccc32)C1O)c1ccc(OC(F)(F)F)cc1. The van der Waals surface area contributed by atoms with E-state index in [2.05, 4.69) is 33.7 Å². The Balaban J connectivity index is 1.41. The number of ether oxygens (including phenoxy) is 1. The van der Waals surface area contributed by atoms with Gasteiger partial charge in [0.15, 0.2) is 0 Å². The van der Waals surface area contributed by atoms with Crippen LogP contribution in [-0.2, 0) is 22.8 Å². The Hall–Kier alpha value is -2.92. The third kappa shape index (κ3) is 5.52. The second-order valence-electron chi connectivity index (χ2n) is 9.39. The van der Waals surface area contributed by atoms with Crippen LogP contribution in [0.15, 0.2) is 77.7 Å². The fourth-order valence-corrected chi connectivity index (χ4v) is 6.69. The first-order valence-corrected chi connectivity index (χ1v) is 13.7. The van der Waals surface area contributed by atoms with Crippen molar-refractivity contribution in [1.29, 1.82) is 4.78 Å². The predicted molar refractivity (Wildman–Crippen MR) is 133 cm³/mol. The van der Waals surface area contributed by atoms with E-state index in [0.717, 1.165) is 36.1 Å². The molecule has 1 saturated heterocycles. The summed E-state index contributed by atoms with van der Waals surface area (Å²) in [4.78, 5) is 2.01. The largest absolute Gasteiger partial charge is 0.573 e. The molecule has 3 atom stereocenters. The van der Waals surface area contributed by atoms with Gasteiger partial charge in [0.1, 0.15) is 21.9 Å². The summed E-state index contributed by atoms with van der Waals surface area (Å²) in [5, 5.41) is 11.5.